The normalized spacial score (nSPS) is 19.9. The lowest BCUT2D eigenvalue weighted by molar-refractivity contribution is -0.129. The zero-order valence-electron chi connectivity index (χ0n) is 20.4. The van der Waals surface area contributed by atoms with E-state index in [-0.39, 0.29) is 11.9 Å². The summed E-state index contributed by atoms with van der Waals surface area (Å²) in [6.45, 7) is 3.85. The highest BCUT2D eigenvalue weighted by Gasteiger charge is 2.31. The predicted molar refractivity (Wildman–Crippen MR) is 139 cm³/mol. The van der Waals surface area contributed by atoms with Gasteiger partial charge in [0.05, 0.1) is 16.8 Å². The monoisotopic (exact) mass is 468 g/mol. The van der Waals surface area contributed by atoms with Crippen molar-refractivity contribution in [2.24, 2.45) is 5.92 Å². The fraction of sp³-hybridized carbons (Fsp3) is 0.367. The number of pyridine rings is 1. The summed E-state index contributed by atoms with van der Waals surface area (Å²) in [6.07, 6.45) is 7.19. The lowest BCUT2D eigenvalue weighted by Gasteiger charge is -2.27. The van der Waals surface area contributed by atoms with E-state index in [1.165, 1.54) is 0 Å². The van der Waals surface area contributed by atoms with Gasteiger partial charge in [-0.05, 0) is 67.4 Å². The van der Waals surface area contributed by atoms with Gasteiger partial charge in [0.25, 0.3) is 5.91 Å². The molecule has 0 radical (unpaired) electrons. The van der Waals surface area contributed by atoms with E-state index in [9.17, 15) is 9.59 Å². The van der Waals surface area contributed by atoms with Crippen LogP contribution >= 0.6 is 0 Å². The molecule has 5 nitrogen and oxygen atoms in total. The molecule has 180 valence electrons. The summed E-state index contributed by atoms with van der Waals surface area (Å²) in [7, 11) is 0. The Kier molecular flexibility index (Phi) is 6.67. The van der Waals surface area contributed by atoms with Crippen molar-refractivity contribution < 1.29 is 14.3 Å². The van der Waals surface area contributed by atoms with Crippen LogP contribution in [0.2, 0.25) is 0 Å². The van der Waals surface area contributed by atoms with Gasteiger partial charge >= 0.3 is 5.97 Å². The molecule has 2 aliphatic rings. The largest absolute Gasteiger partial charge is 0.449 e. The summed E-state index contributed by atoms with van der Waals surface area (Å²) < 4.78 is 5.77. The first kappa shape index (κ1) is 23.3. The number of para-hydroxylation sites is 1. The summed E-state index contributed by atoms with van der Waals surface area (Å²) in [5.74, 6) is -0.326. The fourth-order valence-electron chi connectivity index (χ4n) is 5.38. The number of nitrogens with zero attached hydrogens (tertiary/aromatic N) is 1. The molecule has 35 heavy (non-hydrogen) atoms. The van der Waals surface area contributed by atoms with Crippen LogP contribution < -0.4 is 5.32 Å². The highest BCUT2D eigenvalue weighted by molar-refractivity contribution is 6.07. The summed E-state index contributed by atoms with van der Waals surface area (Å²) in [5.41, 5.74) is 5.31. The third-order valence-corrected chi connectivity index (χ3v) is 7.12. The van der Waals surface area contributed by atoms with Crippen molar-refractivity contribution in [3.8, 4) is 0 Å². The van der Waals surface area contributed by atoms with Crippen molar-refractivity contribution in [2.45, 2.75) is 64.5 Å². The maximum Gasteiger partial charge on any atom is 0.339 e. The number of benzene rings is 2. The van der Waals surface area contributed by atoms with Crippen LogP contribution in [0, 0.1) is 5.92 Å². The van der Waals surface area contributed by atoms with Gasteiger partial charge in [-0.25, -0.2) is 9.78 Å². The second-order valence-corrected chi connectivity index (χ2v) is 9.96. The second-order valence-electron chi connectivity index (χ2n) is 9.96. The first-order valence-electron chi connectivity index (χ1n) is 12.7. The van der Waals surface area contributed by atoms with Crippen molar-refractivity contribution >= 4 is 34.4 Å². The molecule has 1 fully saturated rings. The fourth-order valence-corrected chi connectivity index (χ4v) is 5.38. The van der Waals surface area contributed by atoms with E-state index in [2.05, 4.69) is 30.4 Å². The third kappa shape index (κ3) is 5.00. The molecule has 0 saturated heterocycles. The molecule has 0 bridgehead atoms. The molecule has 0 aliphatic heterocycles. The van der Waals surface area contributed by atoms with Gasteiger partial charge in [-0.15, -0.1) is 0 Å². The van der Waals surface area contributed by atoms with E-state index in [0.29, 0.717) is 11.5 Å². The number of nitrogens with one attached hydrogen (secondary N) is 1. The van der Waals surface area contributed by atoms with Crippen molar-refractivity contribution in [1.29, 1.82) is 0 Å². The first-order chi connectivity index (χ1) is 17.0. The molecule has 0 spiro atoms. The van der Waals surface area contributed by atoms with Gasteiger partial charge in [0, 0.05) is 11.4 Å². The maximum atomic E-state index is 13.6. The molecule has 2 aromatic carbocycles. The van der Waals surface area contributed by atoms with Crippen LogP contribution in [-0.4, -0.2) is 29.0 Å². The molecule has 2 unspecified atom stereocenters. The van der Waals surface area contributed by atoms with Gasteiger partial charge in [0.2, 0.25) is 0 Å². The Balaban J connectivity index is 1.52. The van der Waals surface area contributed by atoms with Crippen LogP contribution in [0.1, 0.15) is 73.1 Å². The van der Waals surface area contributed by atoms with Crippen LogP contribution in [0.4, 0.5) is 0 Å². The van der Waals surface area contributed by atoms with E-state index >= 15 is 0 Å². The van der Waals surface area contributed by atoms with Gasteiger partial charge in [-0.2, -0.15) is 0 Å². The number of fused-ring (bicyclic) bond motifs is 2. The molecule has 1 heterocycles. The molecular weight excluding hydrogens is 436 g/mol. The number of carbonyl (C=O) groups excluding carboxylic acids is 2. The third-order valence-electron chi connectivity index (χ3n) is 7.12. The standard InChI is InChI=1S/C30H32N2O3/c1-19-16-22(18-21-10-4-3-5-11-21)28-25(17-19)27(24-14-8-9-15-26(24)32-28)30(34)35-20(2)29(33)31-23-12-6-7-13-23/h3-5,8-11,14-15,18-20,23H,6-7,12-13,16-17H2,1-2H3,(H,31,33). The van der Waals surface area contributed by atoms with Gasteiger partial charge in [0.1, 0.15) is 0 Å². The molecule has 5 heteroatoms. The van der Waals surface area contributed by atoms with Crippen molar-refractivity contribution in [3.63, 3.8) is 0 Å². The molecule has 2 atom stereocenters. The number of hydrogen-bond acceptors (Lipinski definition) is 4. The number of rotatable bonds is 5. The molecular formula is C30H32N2O3. The summed E-state index contributed by atoms with van der Waals surface area (Å²) in [4.78, 5) is 31.3. The van der Waals surface area contributed by atoms with Crippen LogP contribution in [0.15, 0.2) is 54.6 Å². The minimum Gasteiger partial charge on any atom is -0.449 e. The quantitative estimate of drug-likeness (QED) is 0.469. The van der Waals surface area contributed by atoms with Gasteiger partial charge in [-0.1, -0.05) is 68.3 Å². The average molecular weight is 469 g/mol. The molecule has 3 aromatic rings. The number of esters is 1. The van der Waals surface area contributed by atoms with E-state index in [4.69, 9.17) is 9.72 Å². The molecule has 5 rings (SSSR count). The molecule has 1 aromatic heterocycles. The van der Waals surface area contributed by atoms with Crippen LogP contribution in [0.5, 0.6) is 0 Å². The smallest absolute Gasteiger partial charge is 0.339 e. The van der Waals surface area contributed by atoms with Gasteiger partial charge < -0.3 is 10.1 Å². The topological polar surface area (TPSA) is 68.3 Å². The van der Waals surface area contributed by atoms with E-state index in [1.807, 2.05) is 42.5 Å². The number of ether oxygens (including phenoxy) is 1. The minimum absolute atomic E-state index is 0.185. The molecule has 1 saturated carbocycles. The van der Waals surface area contributed by atoms with Crippen molar-refractivity contribution in [1.82, 2.24) is 10.3 Å². The molecule has 2 aliphatic carbocycles. The summed E-state index contributed by atoms with van der Waals surface area (Å²) >= 11 is 0. The zero-order valence-corrected chi connectivity index (χ0v) is 20.4. The second kappa shape index (κ2) is 10.0. The Labute approximate surface area is 206 Å². The average Bonchev–Trinajstić information content (AvgIpc) is 3.36. The molecule has 1 N–H and O–H groups in total. The maximum absolute atomic E-state index is 13.6. The van der Waals surface area contributed by atoms with Gasteiger partial charge in [-0.3, -0.25) is 4.79 Å². The van der Waals surface area contributed by atoms with Crippen molar-refractivity contribution in [2.75, 3.05) is 0 Å². The number of allylic oxidation sites excluding steroid dienone is 1. The number of hydrogen-bond donors (Lipinski definition) is 1. The van der Waals surface area contributed by atoms with Crippen molar-refractivity contribution in [3.05, 3.63) is 77.0 Å². The zero-order chi connectivity index (χ0) is 24.4. The number of amides is 1. The molecule has 1 amide bonds. The van der Waals surface area contributed by atoms with Gasteiger partial charge in [0.15, 0.2) is 6.10 Å². The Morgan fingerprint density at radius 3 is 2.51 bits per heavy atom. The first-order valence-corrected chi connectivity index (χ1v) is 12.7. The van der Waals surface area contributed by atoms with Crippen LogP contribution in [0.3, 0.4) is 0 Å². The highest BCUT2D eigenvalue weighted by atomic mass is 16.5. The number of aromatic nitrogens is 1. The Morgan fingerprint density at radius 2 is 1.74 bits per heavy atom. The Hall–Kier alpha value is -3.47. The van der Waals surface area contributed by atoms with E-state index < -0.39 is 12.1 Å². The summed E-state index contributed by atoms with van der Waals surface area (Å²) in [5, 5.41) is 3.81. The summed E-state index contributed by atoms with van der Waals surface area (Å²) in [6, 6.07) is 18.1. The minimum atomic E-state index is -0.856. The highest BCUT2D eigenvalue weighted by Crippen LogP contribution is 2.38. The lowest BCUT2D eigenvalue weighted by Crippen LogP contribution is -2.41. The predicted octanol–water partition coefficient (Wildman–Crippen LogP) is 5.96. The lowest BCUT2D eigenvalue weighted by atomic mass is 9.80. The van der Waals surface area contributed by atoms with Crippen LogP contribution in [-0.2, 0) is 16.0 Å². The van der Waals surface area contributed by atoms with E-state index in [0.717, 1.165) is 71.8 Å². The Bertz CT molecular complexity index is 1280. The van der Waals surface area contributed by atoms with Crippen LogP contribution in [0.25, 0.3) is 22.6 Å². The Morgan fingerprint density at radius 1 is 1.03 bits per heavy atom. The number of carbonyl (C=O) groups is 2. The SMILES string of the molecule is CC1CC(=Cc2ccccc2)c2nc3ccccc3c(C(=O)OC(C)C(=O)NC3CCCC3)c2C1. The van der Waals surface area contributed by atoms with E-state index in [1.54, 1.807) is 6.92 Å².